The summed E-state index contributed by atoms with van der Waals surface area (Å²) in [7, 11) is 0. The summed E-state index contributed by atoms with van der Waals surface area (Å²) in [6.07, 6.45) is 2.30. The highest BCUT2D eigenvalue weighted by atomic mass is 16.6. The van der Waals surface area contributed by atoms with Crippen LogP contribution < -0.4 is 0 Å². The summed E-state index contributed by atoms with van der Waals surface area (Å²) < 4.78 is 4.48. The number of hydrogen-bond acceptors (Lipinski definition) is 4. The molecule has 0 unspecified atom stereocenters. The first kappa shape index (κ1) is 12.1. The van der Waals surface area contributed by atoms with Crippen LogP contribution in [0.15, 0.2) is 0 Å². The Bertz CT molecular complexity index is 165. The average molecular weight is 188 g/mol. The minimum absolute atomic E-state index is 0.0657. The Morgan fingerprint density at radius 3 is 2.31 bits per heavy atom. The van der Waals surface area contributed by atoms with Crippen LogP contribution in [0.25, 0.3) is 0 Å². The van der Waals surface area contributed by atoms with Crippen molar-refractivity contribution in [3.63, 3.8) is 0 Å². The second-order valence-corrected chi connectivity index (χ2v) is 2.78. The number of aliphatic hydroxyl groups is 1. The summed E-state index contributed by atoms with van der Waals surface area (Å²) >= 11 is 0. The highest BCUT2D eigenvalue weighted by molar-refractivity contribution is 5.85. The van der Waals surface area contributed by atoms with Crippen molar-refractivity contribution >= 4 is 11.9 Å². The van der Waals surface area contributed by atoms with E-state index in [2.05, 4.69) is 4.74 Å². The van der Waals surface area contributed by atoms with Gasteiger partial charge in [-0.15, -0.1) is 0 Å². The fourth-order valence-electron chi connectivity index (χ4n) is 0.814. The Morgan fingerprint density at radius 1 is 1.15 bits per heavy atom. The van der Waals surface area contributed by atoms with Crippen LogP contribution in [0.2, 0.25) is 0 Å². The normalized spacial score (nSPS) is 9.69. The maximum atomic E-state index is 10.9. The van der Waals surface area contributed by atoms with Gasteiger partial charge in [0.25, 0.3) is 0 Å². The van der Waals surface area contributed by atoms with Gasteiger partial charge in [-0.05, 0) is 19.3 Å². The highest BCUT2D eigenvalue weighted by Gasteiger charge is 2.08. The quantitative estimate of drug-likeness (QED) is 0.384. The van der Waals surface area contributed by atoms with Crippen LogP contribution in [0.1, 0.15) is 39.0 Å². The van der Waals surface area contributed by atoms with Gasteiger partial charge in [0.2, 0.25) is 0 Å². The molecule has 0 heterocycles. The van der Waals surface area contributed by atoms with Crippen molar-refractivity contribution in [3.8, 4) is 0 Å². The summed E-state index contributed by atoms with van der Waals surface area (Å²) in [5.74, 6) is -0.955. The summed E-state index contributed by atoms with van der Waals surface area (Å²) in [5, 5.41) is 8.43. The Labute approximate surface area is 77.9 Å². The molecule has 0 aliphatic rings. The molecule has 0 bridgehead atoms. The molecule has 0 aromatic carbocycles. The van der Waals surface area contributed by atoms with Crippen LogP contribution in [0.5, 0.6) is 0 Å². The Kier molecular flexibility index (Phi) is 7.20. The number of ether oxygens (including phenoxy) is 1. The molecule has 0 aliphatic heterocycles. The lowest BCUT2D eigenvalue weighted by atomic mass is 10.2. The molecule has 0 aliphatic carbocycles. The second kappa shape index (κ2) is 7.73. The van der Waals surface area contributed by atoms with Crippen LogP contribution >= 0.6 is 0 Å². The molecule has 0 aromatic heterocycles. The molecule has 0 saturated carbocycles. The molecule has 0 rings (SSSR count). The van der Waals surface area contributed by atoms with Crippen LogP contribution in [0.3, 0.4) is 0 Å². The van der Waals surface area contributed by atoms with Crippen molar-refractivity contribution in [2.45, 2.75) is 39.0 Å². The molecule has 13 heavy (non-hydrogen) atoms. The van der Waals surface area contributed by atoms with Gasteiger partial charge >= 0.3 is 11.9 Å². The second-order valence-electron chi connectivity index (χ2n) is 2.78. The van der Waals surface area contributed by atoms with Crippen molar-refractivity contribution in [1.82, 2.24) is 0 Å². The number of carbonyl (C=O) groups is 2. The van der Waals surface area contributed by atoms with Crippen molar-refractivity contribution in [2.24, 2.45) is 0 Å². The number of unbranched alkanes of at least 4 members (excludes halogenated alkanes) is 1. The van der Waals surface area contributed by atoms with Gasteiger partial charge in [-0.25, -0.2) is 0 Å². The zero-order valence-electron chi connectivity index (χ0n) is 7.91. The number of aliphatic hydroxyl groups excluding tert-OH is 1. The van der Waals surface area contributed by atoms with Crippen LogP contribution in [0.4, 0.5) is 0 Å². The van der Waals surface area contributed by atoms with Crippen molar-refractivity contribution in [1.29, 1.82) is 0 Å². The van der Waals surface area contributed by atoms with E-state index in [9.17, 15) is 9.59 Å². The zero-order chi connectivity index (χ0) is 10.1. The zero-order valence-corrected chi connectivity index (χ0v) is 7.91. The first-order valence-electron chi connectivity index (χ1n) is 4.55. The van der Waals surface area contributed by atoms with Crippen molar-refractivity contribution < 1.29 is 19.4 Å². The first-order valence-corrected chi connectivity index (χ1v) is 4.55. The number of esters is 2. The van der Waals surface area contributed by atoms with E-state index in [0.29, 0.717) is 19.3 Å². The Balaban J connectivity index is 3.44. The molecule has 0 radical (unpaired) electrons. The molecular formula is C9H16O4. The monoisotopic (exact) mass is 188 g/mol. The number of rotatable bonds is 6. The van der Waals surface area contributed by atoms with Crippen molar-refractivity contribution in [3.05, 3.63) is 0 Å². The molecule has 0 spiro atoms. The predicted octanol–water partition coefficient (Wildman–Crippen LogP) is 1.02. The molecule has 76 valence electrons. The number of hydrogen-bond donors (Lipinski definition) is 1. The lowest BCUT2D eigenvalue weighted by molar-refractivity contribution is -0.159. The SMILES string of the molecule is CCCC(=O)OC(=O)CCCCO. The molecular weight excluding hydrogens is 172 g/mol. The molecule has 4 heteroatoms. The maximum Gasteiger partial charge on any atom is 0.313 e. The summed E-state index contributed by atoms with van der Waals surface area (Å²) in [5.41, 5.74) is 0. The summed E-state index contributed by atoms with van der Waals surface area (Å²) in [6.45, 7) is 1.91. The van der Waals surface area contributed by atoms with E-state index in [-0.39, 0.29) is 19.4 Å². The van der Waals surface area contributed by atoms with Crippen LogP contribution in [-0.2, 0) is 14.3 Å². The van der Waals surface area contributed by atoms with Crippen LogP contribution in [-0.4, -0.2) is 23.7 Å². The largest absolute Gasteiger partial charge is 0.396 e. The van der Waals surface area contributed by atoms with Gasteiger partial charge in [0.15, 0.2) is 0 Å². The fraction of sp³-hybridized carbons (Fsp3) is 0.778. The lowest BCUT2D eigenvalue weighted by Crippen LogP contribution is -2.11. The van der Waals surface area contributed by atoms with E-state index in [1.807, 2.05) is 6.92 Å². The average Bonchev–Trinajstić information content (AvgIpc) is 2.05. The third-order valence-electron chi connectivity index (χ3n) is 1.47. The van der Waals surface area contributed by atoms with E-state index in [1.165, 1.54) is 0 Å². The van der Waals surface area contributed by atoms with Gasteiger partial charge in [-0.2, -0.15) is 0 Å². The molecule has 0 amide bonds. The van der Waals surface area contributed by atoms with E-state index in [0.717, 1.165) is 0 Å². The minimum Gasteiger partial charge on any atom is -0.396 e. The molecule has 0 fully saturated rings. The summed E-state index contributed by atoms with van der Waals surface area (Å²) in [4.78, 5) is 21.7. The van der Waals surface area contributed by atoms with Gasteiger partial charge in [-0.1, -0.05) is 6.92 Å². The molecule has 0 atom stereocenters. The smallest absolute Gasteiger partial charge is 0.313 e. The lowest BCUT2D eigenvalue weighted by Gasteiger charge is -2.00. The Morgan fingerprint density at radius 2 is 1.77 bits per heavy atom. The van der Waals surface area contributed by atoms with Gasteiger partial charge < -0.3 is 9.84 Å². The summed E-state index contributed by atoms with van der Waals surface area (Å²) in [6, 6.07) is 0. The Hall–Kier alpha value is -0.900. The van der Waals surface area contributed by atoms with E-state index >= 15 is 0 Å². The molecule has 0 aromatic rings. The van der Waals surface area contributed by atoms with Gasteiger partial charge in [0, 0.05) is 19.4 Å². The standard InChI is InChI=1S/C9H16O4/c1-2-5-8(11)13-9(12)6-3-4-7-10/h10H,2-7H2,1H3. The third-order valence-corrected chi connectivity index (χ3v) is 1.47. The van der Waals surface area contributed by atoms with Crippen LogP contribution in [0, 0.1) is 0 Å². The molecule has 0 saturated heterocycles. The highest BCUT2D eigenvalue weighted by Crippen LogP contribution is 1.99. The topological polar surface area (TPSA) is 63.6 Å². The first-order chi connectivity index (χ1) is 6.20. The van der Waals surface area contributed by atoms with E-state index in [1.54, 1.807) is 0 Å². The maximum absolute atomic E-state index is 10.9. The van der Waals surface area contributed by atoms with E-state index in [4.69, 9.17) is 5.11 Å². The van der Waals surface area contributed by atoms with Crippen molar-refractivity contribution in [2.75, 3.05) is 6.61 Å². The number of carbonyl (C=O) groups excluding carboxylic acids is 2. The van der Waals surface area contributed by atoms with Gasteiger partial charge in [0.05, 0.1) is 0 Å². The fourth-order valence-corrected chi connectivity index (χ4v) is 0.814. The predicted molar refractivity (Wildman–Crippen MR) is 46.9 cm³/mol. The molecule has 1 N–H and O–H groups in total. The van der Waals surface area contributed by atoms with E-state index < -0.39 is 11.9 Å². The van der Waals surface area contributed by atoms with Gasteiger partial charge in [-0.3, -0.25) is 9.59 Å². The minimum atomic E-state index is -0.494. The molecule has 4 nitrogen and oxygen atoms in total. The third kappa shape index (κ3) is 7.46. The van der Waals surface area contributed by atoms with Gasteiger partial charge in [0.1, 0.15) is 0 Å².